The molecule has 0 aliphatic carbocycles. The maximum atomic E-state index is 14.5. The molecule has 1 saturated heterocycles. The number of amidine groups is 1. The molecule has 0 aromatic heterocycles. The first-order valence-corrected chi connectivity index (χ1v) is 19.0. The number of rotatable bonds is 10. The molecule has 0 unspecified atom stereocenters. The number of nitrogens with zero attached hydrogens (tertiary/aromatic N) is 2. The average Bonchev–Trinajstić information content (AvgIpc) is 3.34. The summed E-state index contributed by atoms with van der Waals surface area (Å²) in [6.45, 7) is 24.5. The highest BCUT2D eigenvalue weighted by molar-refractivity contribution is 8.16. The topological polar surface area (TPSA) is 83.9 Å². The summed E-state index contributed by atoms with van der Waals surface area (Å²) in [6.07, 6.45) is 0. The van der Waals surface area contributed by atoms with Crippen molar-refractivity contribution in [3.05, 3.63) is 57.6 Å². The van der Waals surface area contributed by atoms with E-state index in [-0.39, 0.29) is 57.0 Å². The van der Waals surface area contributed by atoms with Gasteiger partial charge in [-0.05, 0) is 68.9 Å². The highest BCUT2D eigenvalue weighted by Crippen LogP contribution is 2.40. The molecule has 1 aliphatic heterocycles. The van der Waals surface area contributed by atoms with Gasteiger partial charge in [-0.1, -0.05) is 119 Å². The molecule has 2 aromatic carbocycles. The van der Waals surface area contributed by atoms with Crippen molar-refractivity contribution >= 4 is 37.0 Å². The number of sulfonamides is 2. The van der Waals surface area contributed by atoms with Crippen molar-refractivity contribution in [1.29, 1.82) is 0 Å². The molecule has 9 heteroatoms. The van der Waals surface area contributed by atoms with Gasteiger partial charge in [-0.15, -0.1) is 4.40 Å². The van der Waals surface area contributed by atoms with Gasteiger partial charge in [0.1, 0.15) is 0 Å². The molecule has 0 saturated carbocycles. The molecule has 0 N–H and O–H groups in total. The standard InChI is InChI=1S/C33H50N2O4S3/c1-19(2)25-15-27(21(5)6)31(28(16-25)22(7)8)41(36,37)34-33-35(13-14-40-33)42(38,39)32-29(23(9)10)17-26(20(3)4)18-30(32)24(11)12/h15-24H,13-14H2,1-12H3/b34-33-. The summed E-state index contributed by atoms with van der Waals surface area (Å²) in [5, 5.41) is 0.0182. The van der Waals surface area contributed by atoms with Crippen LogP contribution in [0.15, 0.2) is 38.5 Å². The van der Waals surface area contributed by atoms with Crippen LogP contribution in [0.5, 0.6) is 0 Å². The Kier molecular flexibility index (Phi) is 10.7. The second kappa shape index (κ2) is 13.0. The summed E-state index contributed by atoms with van der Waals surface area (Å²) in [7, 11) is -8.31. The maximum absolute atomic E-state index is 14.5. The quantitative estimate of drug-likeness (QED) is 0.261. The first-order chi connectivity index (χ1) is 19.3. The van der Waals surface area contributed by atoms with Gasteiger partial charge in [0.2, 0.25) is 0 Å². The lowest BCUT2D eigenvalue weighted by Gasteiger charge is -2.27. The van der Waals surface area contributed by atoms with Crippen LogP contribution in [0.4, 0.5) is 0 Å². The molecule has 0 radical (unpaired) electrons. The molecule has 2 aromatic rings. The van der Waals surface area contributed by atoms with Crippen molar-refractivity contribution < 1.29 is 16.8 Å². The minimum absolute atomic E-state index is 0.0182. The Bertz CT molecular complexity index is 1490. The van der Waals surface area contributed by atoms with E-state index in [0.29, 0.717) is 5.75 Å². The van der Waals surface area contributed by atoms with Crippen LogP contribution in [0.2, 0.25) is 0 Å². The molecule has 1 heterocycles. The van der Waals surface area contributed by atoms with Crippen molar-refractivity contribution in [3.8, 4) is 0 Å². The van der Waals surface area contributed by atoms with E-state index in [1.54, 1.807) is 0 Å². The molecule has 1 aliphatic rings. The lowest BCUT2D eigenvalue weighted by atomic mass is 9.89. The molecule has 0 spiro atoms. The van der Waals surface area contributed by atoms with E-state index in [4.69, 9.17) is 0 Å². The van der Waals surface area contributed by atoms with Gasteiger partial charge in [0.25, 0.3) is 20.0 Å². The van der Waals surface area contributed by atoms with Crippen LogP contribution >= 0.6 is 11.8 Å². The molecule has 3 rings (SSSR count). The fourth-order valence-electron chi connectivity index (χ4n) is 5.32. The van der Waals surface area contributed by atoms with Crippen molar-refractivity contribution in [3.63, 3.8) is 0 Å². The normalized spacial score (nSPS) is 16.0. The summed E-state index contributed by atoms with van der Waals surface area (Å²) < 4.78 is 62.9. The third kappa shape index (κ3) is 6.94. The minimum Gasteiger partial charge on any atom is -0.243 e. The molecule has 0 atom stereocenters. The van der Waals surface area contributed by atoms with Gasteiger partial charge in [-0.2, -0.15) is 8.42 Å². The van der Waals surface area contributed by atoms with Gasteiger partial charge in [0.15, 0.2) is 5.17 Å². The molecular weight excluding hydrogens is 585 g/mol. The fraction of sp³-hybridized carbons (Fsp3) is 0.606. The van der Waals surface area contributed by atoms with Crippen molar-refractivity contribution in [2.75, 3.05) is 12.3 Å². The Balaban J connectivity index is 2.28. The van der Waals surface area contributed by atoms with Crippen molar-refractivity contribution in [1.82, 2.24) is 4.31 Å². The lowest BCUT2D eigenvalue weighted by molar-refractivity contribution is 0.535. The van der Waals surface area contributed by atoms with Crippen molar-refractivity contribution in [2.24, 2.45) is 4.40 Å². The van der Waals surface area contributed by atoms with Gasteiger partial charge in [0.05, 0.1) is 9.79 Å². The Hall–Kier alpha value is -1.84. The number of hydrogen-bond donors (Lipinski definition) is 0. The van der Waals surface area contributed by atoms with Crippen LogP contribution < -0.4 is 0 Å². The molecule has 42 heavy (non-hydrogen) atoms. The Labute approximate surface area is 259 Å². The third-order valence-electron chi connectivity index (χ3n) is 7.90. The summed E-state index contributed by atoms with van der Waals surface area (Å²) in [5.41, 5.74) is 5.15. The molecule has 0 amide bonds. The zero-order valence-electron chi connectivity index (χ0n) is 27.4. The second-order valence-corrected chi connectivity index (χ2v) is 17.7. The monoisotopic (exact) mass is 634 g/mol. The van der Waals surface area contributed by atoms with Crippen LogP contribution in [-0.4, -0.2) is 38.6 Å². The first-order valence-electron chi connectivity index (χ1n) is 15.2. The average molecular weight is 635 g/mol. The first kappa shape index (κ1) is 34.6. The van der Waals surface area contributed by atoms with E-state index in [9.17, 15) is 16.8 Å². The largest absolute Gasteiger partial charge is 0.285 e. The fourth-order valence-corrected chi connectivity index (χ4v) is 10.7. The SMILES string of the molecule is CC(C)c1cc(C(C)C)c(S(=O)(=O)/N=C2\SCCN2S(=O)(=O)c2c(C(C)C)cc(C(C)C)cc2C(C)C)c(C(C)C)c1. The molecule has 1 fully saturated rings. The van der Waals surface area contributed by atoms with E-state index < -0.39 is 20.0 Å². The predicted molar refractivity (Wildman–Crippen MR) is 178 cm³/mol. The van der Waals surface area contributed by atoms with Crippen LogP contribution in [0.25, 0.3) is 0 Å². The van der Waals surface area contributed by atoms with Crippen LogP contribution in [0, 0.1) is 0 Å². The number of benzene rings is 2. The predicted octanol–water partition coefficient (Wildman–Crippen LogP) is 8.91. The van der Waals surface area contributed by atoms with Gasteiger partial charge in [-0.3, -0.25) is 0 Å². The summed E-state index contributed by atoms with van der Waals surface area (Å²) >= 11 is 1.18. The van der Waals surface area contributed by atoms with E-state index in [1.807, 2.05) is 79.7 Å². The Morgan fingerprint density at radius 2 is 0.952 bits per heavy atom. The molecule has 0 bridgehead atoms. The summed E-state index contributed by atoms with van der Waals surface area (Å²) in [4.78, 5) is 0.498. The van der Waals surface area contributed by atoms with Gasteiger partial charge < -0.3 is 0 Å². The zero-order valence-corrected chi connectivity index (χ0v) is 29.9. The zero-order chi connectivity index (χ0) is 31.9. The van der Waals surface area contributed by atoms with E-state index in [1.165, 1.54) is 16.1 Å². The third-order valence-corrected chi connectivity index (χ3v) is 12.4. The van der Waals surface area contributed by atoms with Crippen LogP contribution in [-0.2, 0) is 20.0 Å². The highest BCUT2D eigenvalue weighted by atomic mass is 32.2. The van der Waals surface area contributed by atoms with Gasteiger partial charge in [-0.25, -0.2) is 12.7 Å². The molecular formula is C33H50N2O4S3. The second-order valence-electron chi connectivity index (χ2n) is 13.3. The van der Waals surface area contributed by atoms with Gasteiger partial charge >= 0.3 is 0 Å². The van der Waals surface area contributed by atoms with Crippen LogP contribution in [0.1, 0.15) is 152 Å². The Morgan fingerprint density at radius 1 is 0.595 bits per heavy atom. The molecule has 234 valence electrons. The van der Waals surface area contributed by atoms with Crippen LogP contribution in [0.3, 0.4) is 0 Å². The van der Waals surface area contributed by atoms with E-state index in [0.717, 1.165) is 33.4 Å². The Morgan fingerprint density at radius 3 is 1.29 bits per heavy atom. The number of thioether (sulfide) groups is 1. The minimum atomic E-state index is -4.22. The van der Waals surface area contributed by atoms with Crippen molar-refractivity contribution in [2.45, 2.75) is 128 Å². The smallest absolute Gasteiger partial charge is 0.243 e. The maximum Gasteiger partial charge on any atom is 0.285 e. The van der Waals surface area contributed by atoms with E-state index in [2.05, 4.69) is 32.1 Å². The molecule has 6 nitrogen and oxygen atoms in total. The number of hydrogen-bond acceptors (Lipinski definition) is 5. The van der Waals surface area contributed by atoms with E-state index >= 15 is 0 Å². The summed E-state index contributed by atoms with van der Waals surface area (Å²) in [5.74, 6) is 0.744. The highest BCUT2D eigenvalue weighted by Gasteiger charge is 2.38. The van der Waals surface area contributed by atoms with Gasteiger partial charge in [0, 0.05) is 12.3 Å². The lowest BCUT2D eigenvalue weighted by Crippen LogP contribution is -2.34. The summed E-state index contributed by atoms with van der Waals surface area (Å²) in [6, 6.07) is 7.96.